The van der Waals surface area contributed by atoms with Crippen LogP contribution in [0.4, 0.5) is 10.1 Å². The van der Waals surface area contributed by atoms with Crippen LogP contribution in [0.15, 0.2) is 12.1 Å². The summed E-state index contributed by atoms with van der Waals surface area (Å²) >= 11 is 13.4. The van der Waals surface area contributed by atoms with E-state index in [-0.39, 0.29) is 27.7 Å². The first kappa shape index (κ1) is 13.9. The van der Waals surface area contributed by atoms with Crippen LogP contribution in [0.5, 0.6) is 0 Å². The van der Waals surface area contributed by atoms with Crippen LogP contribution in [0.2, 0.25) is 10.0 Å². The molecule has 1 atom stereocenters. The van der Waals surface area contributed by atoms with E-state index in [1.165, 1.54) is 0 Å². The van der Waals surface area contributed by atoms with Crippen molar-refractivity contribution in [2.75, 3.05) is 23.4 Å². The molecule has 0 aliphatic carbocycles. The molecule has 1 saturated heterocycles. The van der Waals surface area contributed by atoms with E-state index in [9.17, 15) is 9.18 Å². The maximum atomic E-state index is 13.0. The number of halogens is 3. The summed E-state index contributed by atoms with van der Waals surface area (Å²) in [7, 11) is 0. The van der Waals surface area contributed by atoms with E-state index in [0.717, 1.165) is 24.4 Å². The molecule has 0 radical (unpaired) electrons. The molecule has 0 spiro atoms. The van der Waals surface area contributed by atoms with E-state index >= 15 is 0 Å². The molecular formula is C11H11Cl2FN2OS. The van der Waals surface area contributed by atoms with Crippen molar-refractivity contribution in [3.8, 4) is 0 Å². The van der Waals surface area contributed by atoms with Crippen molar-refractivity contribution in [3.63, 3.8) is 0 Å². The SMILES string of the molecule is O=C(Nc1c(Cl)cc(F)cc1Cl)C1CSCCN1. The second-order valence-corrected chi connectivity index (χ2v) is 5.78. The van der Waals surface area contributed by atoms with Crippen LogP contribution in [0.3, 0.4) is 0 Å². The molecule has 2 N–H and O–H groups in total. The highest BCUT2D eigenvalue weighted by Crippen LogP contribution is 2.31. The molecule has 1 amide bonds. The van der Waals surface area contributed by atoms with Gasteiger partial charge in [-0.1, -0.05) is 23.2 Å². The quantitative estimate of drug-likeness (QED) is 0.882. The van der Waals surface area contributed by atoms with Crippen LogP contribution in [0.1, 0.15) is 0 Å². The number of carbonyl (C=O) groups excluding carboxylic acids is 1. The van der Waals surface area contributed by atoms with Crippen molar-refractivity contribution >= 4 is 46.6 Å². The average molecular weight is 309 g/mol. The summed E-state index contributed by atoms with van der Waals surface area (Å²) in [6.07, 6.45) is 0. The van der Waals surface area contributed by atoms with Gasteiger partial charge in [-0.15, -0.1) is 0 Å². The Morgan fingerprint density at radius 3 is 2.67 bits per heavy atom. The molecule has 0 bridgehead atoms. The van der Waals surface area contributed by atoms with Gasteiger partial charge in [0, 0.05) is 18.1 Å². The molecule has 1 aliphatic rings. The number of amides is 1. The summed E-state index contributed by atoms with van der Waals surface area (Å²) in [4.78, 5) is 12.0. The molecule has 1 aromatic carbocycles. The summed E-state index contributed by atoms with van der Waals surface area (Å²) < 4.78 is 13.0. The van der Waals surface area contributed by atoms with Gasteiger partial charge >= 0.3 is 0 Å². The molecule has 0 aromatic heterocycles. The van der Waals surface area contributed by atoms with Gasteiger partial charge in [-0.3, -0.25) is 4.79 Å². The Kier molecular flexibility index (Phi) is 4.72. The first-order chi connectivity index (χ1) is 8.58. The molecule has 2 rings (SSSR count). The fourth-order valence-corrected chi connectivity index (χ4v) is 3.09. The van der Waals surface area contributed by atoms with Crippen LogP contribution in [0.25, 0.3) is 0 Å². The van der Waals surface area contributed by atoms with Gasteiger partial charge in [-0.2, -0.15) is 11.8 Å². The van der Waals surface area contributed by atoms with Crippen molar-refractivity contribution < 1.29 is 9.18 Å². The lowest BCUT2D eigenvalue weighted by Crippen LogP contribution is -2.46. The van der Waals surface area contributed by atoms with Crippen molar-refractivity contribution in [3.05, 3.63) is 28.0 Å². The standard InChI is InChI=1S/C11H11Cl2FN2OS/c12-7-3-6(14)4-8(13)10(7)16-11(17)9-5-18-2-1-15-9/h3-4,9,15H,1-2,5H2,(H,16,17). The van der Waals surface area contributed by atoms with Crippen LogP contribution >= 0.6 is 35.0 Å². The van der Waals surface area contributed by atoms with Crippen LogP contribution in [-0.4, -0.2) is 30.0 Å². The normalized spacial score (nSPS) is 19.6. The Morgan fingerprint density at radius 1 is 1.44 bits per heavy atom. The Hall–Kier alpha value is -0.490. The summed E-state index contributed by atoms with van der Waals surface area (Å²) in [5, 5.41) is 5.91. The maximum Gasteiger partial charge on any atom is 0.242 e. The minimum atomic E-state index is -0.533. The maximum absolute atomic E-state index is 13.0. The second kappa shape index (κ2) is 6.10. The summed E-state index contributed by atoms with van der Waals surface area (Å²) in [6, 6.07) is 1.96. The van der Waals surface area contributed by atoms with Crippen molar-refractivity contribution in [1.29, 1.82) is 0 Å². The van der Waals surface area contributed by atoms with Gasteiger partial charge in [0.15, 0.2) is 0 Å². The average Bonchev–Trinajstić information content (AvgIpc) is 2.34. The zero-order chi connectivity index (χ0) is 13.1. The Labute approximate surface area is 118 Å². The van der Waals surface area contributed by atoms with Gasteiger partial charge in [0.05, 0.1) is 21.8 Å². The third-order valence-corrected chi connectivity index (χ3v) is 4.15. The van der Waals surface area contributed by atoms with E-state index in [4.69, 9.17) is 23.2 Å². The summed E-state index contributed by atoms with van der Waals surface area (Å²) in [5.41, 5.74) is 0.252. The fourth-order valence-electron chi connectivity index (χ4n) is 1.61. The van der Waals surface area contributed by atoms with Crippen LogP contribution in [-0.2, 0) is 4.79 Å². The molecule has 98 valence electrons. The van der Waals surface area contributed by atoms with Gasteiger partial charge in [-0.25, -0.2) is 4.39 Å². The van der Waals surface area contributed by atoms with Gasteiger partial charge in [-0.05, 0) is 12.1 Å². The van der Waals surface area contributed by atoms with Gasteiger partial charge in [0.1, 0.15) is 5.82 Å². The van der Waals surface area contributed by atoms with Gasteiger partial charge in [0.2, 0.25) is 5.91 Å². The highest BCUT2D eigenvalue weighted by Gasteiger charge is 2.22. The third kappa shape index (κ3) is 3.29. The highest BCUT2D eigenvalue weighted by atomic mass is 35.5. The van der Waals surface area contributed by atoms with Crippen LogP contribution < -0.4 is 10.6 Å². The number of rotatable bonds is 2. The molecule has 1 aliphatic heterocycles. The number of thioether (sulfide) groups is 1. The Bertz CT molecular complexity index is 443. The van der Waals surface area contributed by atoms with Crippen LogP contribution in [0, 0.1) is 5.82 Å². The minimum absolute atomic E-state index is 0.0943. The predicted molar refractivity (Wildman–Crippen MR) is 74.2 cm³/mol. The number of hydrogen-bond acceptors (Lipinski definition) is 3. The molecular weight excluding hydrogens is 298 g/mol. The molecule has 3 nitrogen and oxygen atoms in total. The Balaban J connectivity index is 2.11. The fraction of sp³-hybridized carbons (Fsp3) is 0.364. The van der Waals surface area contributed by atoms with E-state index in [0.29, 0.717) is 5.75 Å². The molecule has 7 heteroatoms. The number of carbonyl (C=O) groups is 1. The molecule has 0 saturated carbocycles. The number of benzene rings is 1. The zero-order valence-electron chi connectivity index (χ0n) is 9.30. The molecule has 1 aromatic rings. The van der Waals surface area contributed by atoms with Gasteiger partial charge < -0.3 is 10.6 Å². The molecule has 18 heavy (non-hydrogen) atoms. The third-order valence-electron chi connectivity index (χ3n) is 2.49. The monoisotopic (exact) mass is 308 g/mol. The summed E-state index contributed by atoms with van der Waals surface area (Å²) in [5.74, 6) is 0.941. The first-order valence-electron chi connectivity index (χ1n) is 5.34. The van der Waals surface area contributed by atoms with Crippen molar-refractivity contribution in [2.24, 2.45) is 0 Å². The largest absolute Gasteiger partial charge is 0.322 e. The lowest BCUT2D eigenvalue weighted by molar-refractivity contribution is -0.117. The van der Waals surface area contributed by atoms with E-state index in [1.54, 1.807) is 11.8 Å². The lowest BCUT2D eigenvalue weighted by atomic mass is 10.2. The number of hydrogen-bond donors (Lipinski definition) is 2. The van der Waals surface area contributed by atoms with Crippen molar-refractivity contribution in [2.45, 2.75) is 6.04 Å². The predicted octanol–water partition coefficient (Wildman–Crippen LogP) is 2.78. The topological polar surface area (TPSA) is 41.1 Å². The van der Waals surface area contributed by atoms with E-state index < -0.39 is 5.82 Å². The highest BCUT2D eigenvalue weighted by molar-refractivity contribution is 7.99. The zero-order valence-corrected chi connectivity index (χ0v) is 11.6. The lowest BCUT2D eigenvalue weighted by Gasteiger charge is -2.22. The molecule has 1 heterocycles. The molecule has 1 unspecified atom stereocenters. The smallest absolute Gasteiger partial charge is 0.242 e. The molecule has 1 fully saturated rings. The first-order valence-corrected chi connectivity index (χ1v) is 7.25. The summed E-state index contributed by atoms with van der Waals surface area (Å²) in [6.45, 7) is 0.785. The second-order valence-electron chi connectivity index (χ2n) is 3.82. The van der Waals surface area contributed by atoms with E-state index in [1.807, 2.05) is 0 Å². The van der Waals surface area contributed by atoms with Crippen molar-refractivity contribution in [1.82, 2.24) is 5.32 Å². The Morgan fingerprint density at radius 2 is 2.11 bits per heavy atom. The number of nitrogens with one attached hydrogen (secondary N) is 2. The van der Waals surface area contributed by atoms with E-state index in [2.05, 4.69) is 10.6 Å². The minimum Gasteiger partial charge on any atom is -0.322 e. The van der Waals surface area contributed by atoms with Gasteiger partial charge in [0.25, 0.3) is 0 Å². The number of anilines is 1.